The van der Waals surface area contributed by atoms with Gasteiger partial charge < -0.3 is 14.6 Å². The van der Waals surface area contributed by atoms with Crippen molar-refractivity contribution < 1.29 is 14.5 Å². The molecule has 0 aromatic heterocycles. The molecule has 2 atom stereocenters. The Morgan fingerprint density at radius 1 is 1.44 bits per heavy atom. The predicted molar refractivity (Wildman–Crippen MR) is 72.8 cm³/mol. The molecule has 0 saturated carbocycles. The van der Waals surface area contributed by atoms with Crippen molar-refractivity contribution in [1.82, 2.24) is 9.62 Å². The minimum atomic E-state index is -1.07. The fourth-order valence-electron chi connectivity index (χ4n) is 2.03. The molecule has 0 aromatic carbocycles. The molecule has 0 aliphatic carbocycles. The highest BCUT2D eigenvalue weighted by Gasteiger charge is 2.32. The van der Waals surface area contributed by atoms with Crippen LogP contribution in [0.5, 0.6) is 0 Å². The van der Waals surface area contributed by atoms with E-state index in [1.165, 1.54) is 4.90 Å². The summed E-state index contributed by atoms with van der Waals surface area (Å²) in [7, 11) is 0. The first kappa shape index (κ1) is 15.6. The van der Waals surface area contributed by atoms with Crippen LogP contribution in [0.4, 0.5) is 4.79 Å². The molecule has 0 bridgehead atoms. The number of nitrogens with one attached hydrogen (secondary N) is 1. The maximum Gasteiger partial charge on any atom is 0.407 e. The van der Waals surface area contributed by atoms with Gasteiger partial charge in [-0.05, 0) is 46.5 Å². The van der Waals surface area contributed by atoms with E-state index in [-0.39, 0.29) is 10.8 Å². The largest absolute Gasteiger partial charge is 0.598 e. The summed E-state index contributed by atoms with van der Waals surface area (Å²) < 4.78 is 14.9. The molecular weight excluding hydrogens is 252 g/mol. The van der Waals surface area contributed by atoms with Gasteiger partial charge in [0.15, 0.2) is 0 Å². The Morgan fingerprint density at radius 2 is 1.94 bits per heavy atom. The van der Waals surface area contributed by atoms with Gasteiger partial charge in [0.1, 0.15) is 4.75 Å². The lowest BCUT2D eigenvalue weighted by atomic mass is 9.91. The summed E-state index contributed by atoms with van der Waals surface area (Å²) in [6, 6.07) is 0.154. The molecule has 1 saturated heterocycles. The SMILES string of the molecule is CC(N[S@@+]([O-])C(C)(C)C)C1CCN(C(=O)O)CC1. The van der Waals surface area contributed by atoms with Crippen LogP contribution in [0.25, 0.3) is 0 Å². The maximum absolute atomic E-state index is 12.0. The normalized spacial score (nSPS) is 21.7. The number of hydrogen-bond acceptors (Lipinski definition) is 3. The van der Waals surface area contributed by atoms with Crippen molar-refractivity contribution in [3.05, 3.63) is 0 Å². The highest BCUT2D eigenvalue weighted by molar-refractivity contribution is 7.90. The van der Waals surface area contributed by atoms with E-state index in [0.29, 0.717) is 19.0 Å². The molecule has 1 amide bonds. The molecule has 1 aliphatic heterocycles. The molecule has 1 heterocycles. The van der Waals surface area contributed by atoms with Crippen molar-refractivity contribution >= 4 is 17.5 Å². The van der Waals surface area contributed by atoms with Crippen molar-refractivity contribution in [3.63, 3.8) is 0 Å². The van der Waals surface area contributed by atoms with E-state index < -0.39 is 17.5 Å². The van der Waals surface area contributed by atoms with Crippen LogP contribution < -0.4 is 4.72 Å². The van der Waals surface area contributed by atoms with E-state index in [4.69, 9.17) is 5.11 Å². The molecule has 1 aliphatic rings. The number of carbonyl (C=O) groups is 1. The number of amides is 1. The van der Waals surface area contributed by atoms with Crippen molar-refractivity contribution in [1.29, 1.82) is 0 Å². The Labute approximate surface area is 112 Å². The fraction of sp³-hybridized carbons (Fsp3) is 0.917. The second-order valence-corrected chi connectivity index (χ2v) is 7.89. The number of hydrogen-bond donors (Lipinski definition) is 2. The van der Waals surface area contributed by atoms with E-state index in [0.717, 1.165) is 12.8 Å². The summed E-state index contributed by atoms with van der Waals surface area (Å²) in [5.41, 5.74) is 0. The Balaban J connectivity index is 2.41. The maximum atomic E-state index is 12.0. The third-order valence-corrected chi connectivity index (χ3v) is 5.06. The Kier molecular flexibility index (Phi) is 5.31. The minimum absolute atomic E-state index is 0.154. The summed E-state index contributed by atoms with van der Waals surface area (Å²) >= 11 is -1.07. The highest BCUT2D eigenvalue weighted by atomic mass is 32.2. The molecule has 18 heavy (non-hydrogen) atoms. The zero-order chi connectivity index (χ0) is 13.9. The molecule has 0 aromatic rings. The van der Waals surface area contributed by atoms with Gasteiger partial charge in [-0.25, -0.2) is 4.79 Å². The molecule has 106 valence electrons. The third kappa shape index (κ3) is 4.33. The Morgan fingerprint density at radius 3 is 2.33 bits per heavy atom. The topological polar surface area (TPSA) is 75.6 Å². The molecule has 1 rings (SSSR count). The Hall–Kier alpha value is -0.460. The van der Waals surface area contributed by atoms with E-state index >= 15 is 0 Å². The van der Waals surface area contributed by atoms with Gasteiger partial charge in [-0.1, -0.05) is 0 Å². The number of rotatable bonds is 3. The van der Waals surface area contributed by atoms with Crippen LogP contribution in [0.2, 0.25) is 0 Å². The van der Waals surface area contributed by atoms with Gasteiger partial charge in [-0.3, -0.25) is 0 Å². The van der Waals surface area contributed by atoms with Crippen molar-refractivity contribution in [2.24, 2.45) is 5.92 Å². The van der Waals surface area contributed by atoms with Crippen LogP contribution in [-0.2, 0) is 11.4 Å². The number of piperidine rings is 1. The smallest absolute Gasteiger partial charge is 0.407 e. The monoisotopic (exact) mass is 276 g/mol. The first-order chi connectivity index (χ1) is 8.21. The van der Waals surface area contributed by atoms with Gasteiger partial charge in [0, 0.05) is 24.5 Å². The highest BCUT2D eigenvalue weighted by Crippen LogP contribution is 2.23. The zero-order valence-electron chi connectivity index (χ0n) is 11.6. The summed E-state index contributed by atoms with van der Waals surface area (Å²) in [5.74, 6) is 0.395. The van der Waals surface area contributed by atoms with Crippen LogP contribution in [-0.4, -0.2) is 44.5 Å². The van der Waals surface area contributed by atoms with Crippen LogP contribution in [0.3, 0.4) is 0 Å². The lowest BCUT2D eigenvalue weighted by Crippen LogP contribution is -2.49. The summed E-state index contributed by atoms with van der Waals surface area (Å²) in [4.78, 5) is 12.3. The number of likely N-dealkylation sites (tertiary alicyclic amines) is 1. The fourth-order valence-corrected chi connectivity index (χ4v) is 2.92. The average molecular weight is 276 g/mol. The van der Waals surface area contributed by atoms with Gasteiger partial charge in [0.05, 0.1) is 6.04 Å². The van der Waals surface area contributed by atoms with Gasteiger partial charge in [0.25, 0.3) is 0 Å². The number of nitrogens with zero attached hydrogens (tertiary/aromatic N) is 1. The summed E-state index contributed by atoms with van der Waals surface area (Å²) in [5, 5.41) is 8.88. The molecule has 2 N–H and O–H groups in total. The van der Waals surface area contributed by atoms with Gasteiger partial charge >= 0.3 is 6.09 Å². The lowest BCUT2D eigenvalue weighted by molar-refractivity contribution is 0.120. The van der Waals surface area contributed by atoms with E-state index in [1.807, 2.05) is 27.7 Å². The lowest BCUT2D eigenvalue weighted by Gasteiger charge is -2.35. The predicted octanol–water partition coefficient (Wildman–Crippen LogP) is 1.82. The van der Waals surface area contributed by atoms with E-state index in [2.05, 4.69) is 4.72 Å². The van der Waals surface area contributed by atoms with E-state index in [1.54, 1.807) is 0 Å². The molecule has 1 fully saturated rings. The minimum Gasteiger partial charge on any atom is -0.598 e. The molecule has 5 nitrogen and oxygen atoms in total. The molecule has 0 spiro atoms. The van der Waals surface area contributed by atoms with Crippen LogP contribution in [0.15, 0.2) is 0 Å². The molecule has 1 unspecified atom stereocenters. The van der Waals surface area contributed by atoms with Crippen molar-refractivity contribution in [3.8, 4) is 0 Å². The Bertz CT molecular complexity index is 286. The second-order valence-electron chi connectivity index (χ2n) is 5.89. The van der Waals surface area contributed by atoms with Gasteiger partial charge in [-0.2, -0.15) is 0 Å². The summed E-state index contributed by atoms with van der Waals surface area (Å²) in [6.07, 6.45) is 0.830. The number of carboxylic acid groups (broad SMARTS) is 1. The molecular formula is C12H24N2O3S. The summed E-state index contributed by atoms with van der Waals surface area (Å²) in [6.45, 7) is 9.01. The first-order valence-electron chi connectivity index (χ1n) is 6.37. The van der Waals surface area contributed by atoms with Crippen LogP contribution in [0.1, 0.15) is 40.5 Å². The van der Waals surface area contributed by atoms with E-state index in [9.17, 15) is 9.35 Å². The zero-order valence-corrected chi connectivity index (χ0v) is 12.4. The van der Waals surface area contributed by atoms with Crippen molar-refractivity contribution in [2.45, 2.75) is 51.3 Å². The van der Waals surface area contributed by atoms with Gasteiger partial charge in [0.2, 0.25) is 0 Å². The third-order valence-electron chi connectivity index (χ3n) is 3.37. The standard InChI is InChI=1S/C12H24N2O3S/c1-9(13-18(17)12(2,3)4)10-5-7-14(8-6-10)11(15)16/h9-10,13H,5-8H2,1-4H3,(H,15,16)/t9?,18-/m0/s1. The van der Waals surface area contributed by atoms with Gasteiger partial charge in [-0.15, -0.1) is 4.72 Å². The van der Waals surface area contributed by atoms with Crippen molar-refractivity contribution in [2.75, 3.05) is 13.1 Å². The quantitative estimate of drug-likeness (QED) is 0.771. The van der Waals surface area contributed by atoms with Crippen LogP contribution >= 0.6 is 0 Å². The first-order valence-corrected chi connectivity index (χ1v) is 7.52. The average Bonchev–Trinajstić information content (AvgIpc) is 2.27. The molecule has 0 radical (unpaired) electrons. The molecule has 6 heteroatoms. The second kappa shape index (κ2) is 6.12. The van der Waals surface area contributed by atoms with Crippen LogP contribution in [0, 0.1) is 5.92 Å².